The SMILES string of the molecule is O=S(=O)(Nc1c(F)cc(Br)cc1F)c1ccccc1O. The molecule has 0 unspecified atom stereocenters. The zero-order valence-electron chi connectivity index (χ0n) is 9.77. The van der Waals surface area contributed by atoms with E-state index in [9.17, 15) is 22.3 Å². The van der Waals surface area contributed by atoms with Crippen LogP contribution < -0.4 is 4.72 Å². The Bertz CT molecular complexity index is 742. The average Bonchev–Trinajstić information content (AvgIpc) is 2.34. The fourth-order valence-corrected chi connectivity index (χ4v) is 3.09. The number of nitrogens with one attached hydrogen (secondary N) is 1. The van der Waals surface area contributed by atoms with Crippen molar-refractivity contribution in [1.29, 1.82) is 0 Å². The second-order valence-corrected chi connectivity index (χ2v) is 6.38. The number of phenols is 1. The lowest BCUT2D eigenvalue weighted by molar-refractivity contribution is 0.459. The third-order valence-corrected chi connectivity index (χ3v) is 4.25. The monoisotopic (exact) mass is 363 g/mol. The van der Waals surface area contributed by atoms with Gasteiger partial charge in [-0.15, -0.1) is 0 Å². The minimum Gasteiger partial charge on any atom is -0.507 e. The number of rotatable bonds is 3. The maximum atomic E-state index is 13.6. The Kier molecular flexibility index (Phi) is 3.96. The molecule has 0 atom stereocenters. The Balaban J connectivity index is 2.47. The first kappa shape index (κ1) is 14.7. The predicted octanol–water partition coefficient (Wildman–Crippen LogP) is 3.23. The van der Waals surface area contributed by atoms with Crippen LogP contribution in [0.1, 0.15) is 0 Å². The second kappa shape index (κ2) is 5.37. The Morgan fingerprint density at radius 1 is 1.10 bits per heavy atom. The maximum absolute atomic E-state index is 13.6. The van der Waals surface area contributed by atoms with Crippen LogP contribution in [-0.2, 0) is 10.0 Å². The van der Waals surface area contributed by atoms with Gasteiger partial charge < -0.3 is 5.11 Å². The third-order valence-electron chi connectivity index (χ3n) is 2.40. The summed E-state index contributed by atoms with van der Waals surface area (Å²) in [6.45, 7) is 0. The van der Waals surface area contributed by atoms with Gasteiger partial charge in [-0.1, -0.05) is 28.1 Å². The molecule has 2 aromatic carbocycles. The molecule has 0 saturated carbocycles. The van der Waals surface area contributed by atoms with Crippen LogP contribution in [0.5, 0.6) is 5.75 Å². The van der Waals surface area contributed by atoms with Gasteiger partial charge in [0, 0.05) is 4.47 Å². The van der Waals surface area contributed by atoms with Crippen molar-refractivity contribution >= 4 is 31.6 Å². The van der Waals surface area contributed by atoms with Crippen LogP contribution in [0.3, 0.4) is 0 Å². The van der Waals surface area contributed by atoms with Crippen molar-refractivity contribution in [3.05, 3.63) is 52.5 Å². The highest BCUT2D eigenvalue weighted by molar-refractivity contribution is 9.10. The summed E-state index contributed by atoms with van der Waals surface area (Å²) in [4.78, 5) is -0.471. The summed E-state index contributed by atoms with van der Waals surface area (Å²) in [5.41, 5.74) is -0.809. The van der Waals surface area contributed by atoms with Gasteiger partial charge in [0.2, 0.25) is 0 Å². The highest BCUT2D eigenvalue weighted by Gasteiger charge is 2.22. The summed E-state index contributed by atoms with van der Waals surface area (Å²) < 4.78 is 53.1. The van der Waals surface area contributed by atoms with Crippen molar-refractivity contribution in [2.45, 2.75) is 4.90 Å². The van der Waals surface area contributed by atoms with Gasteiger partial charge in [-0.05, 0) is 24.3 Å². The number of benzene rings is 2. The molecule has 4 nitrogen and oxygen atoms in total. The Morgan fingerprint density at radius 2 is 1.65 bits per heavy atom. The fourth-order valence-electron chi connectivity index (χ4n) is 1.51. The normalized spacial score (nSPS) is 11.3. The second-order valence-electron chi connectivity index (χ2n) is 3.82. The largest absolute Gasteiger partial charge is 0.507 e. The number of phenolic OH excluding ortho intramolecular Hbond substituents is 1. The topological polar surface area (TPSA) is 66.4 Å². The van der Waals surface area contributed by atoms with Crippen LogP contribution in [0, 0.1) is 11.6 Å². The summed E-state index contributed by atoms with van der Waals surface area (Å²) in [6, 6.07) is 6.92. The van der Waals surface area contributed by atoms with Crippen molar-refractivity contribution in [1.82, 2.24) is 0 Å². The number of anilines is 1. The van der Waals surface area contributed by atoms with Crippen LogP contribution in [0.25, 0.3) is 0 Å². The molecular weight excluding hydrogens is 356 g/mol. The summed E-state index contributed by atoms with van der Waals surface area (Å²) in [5.74, 6) is -2.66. The van der Waals surface area contributed by atoms with Crippen molar-refractivity contribution < 1.29 is 22.3 Å². The van der Waals surface area contributed by atoms with Crippen molar-refractivity contribution in [3.8, 4) is 5.75 Å². The van der Waals surface area contributed by atoms with Gasteiger partial charge in [0.25, 0.3) is 10.0 Å². The average molecular weight is 364 g/mol. The molecule has 2 rings (SSSR count). The van der Waals surface area contributed by atoms with E-state index in [4.69, 9.17) is 0 Å². The van der Waals surface area contributed by atoms with Gasteiger partial charge in [-0.2, -0.15) is 0 Å². The van der Waals surface area contributed by atoms with E-state index in [1.165, 1.54) is 12.1 Å². The molecule has 106 valence electrons. The minimum atomic E-state index is -4.30. The highest BCUT2D eigenvalue weighted by atomic mass is 79.9. The first-order valence-corrected chi connectivity index (χ1v) is 7.54. The zero-order valence-corrected chi connectivity index (χ0v) is 12.2. The third kappa shape index (κ3) is 2.91. The number of sulfonamides is 1. The predicted molar refractivity (Wildman–Crippen MR) is 73.0 cm³/mol. The first-order valence-electron chi connectivity index (χ1n) is 5.26. The van der Waals surface area contributed by atoms with Crippen LogP contribution >= 0.6 is 15.9 Å². The summed E-state index contributed by atoms with van der Waals surface area (Å²) >= 11 is 2.89. The van der Waals surface area contributed by atoms with Crippen LogP contribution in [0.15, 0.2) is 45.8 Å². The van der Waals surface area contributed by atoms with Crippen LogP contribution in [0.2, 0.25) is 0 Å². The van der Waals surface area contributed by atoms with E-state index in [0.29, 0.717) is 0 Å². The summed E-state index contributed by atoms with van der Waals surface area (Å²) in [6.07, 6.45) is 0. The fraction of sp³-hybridized carbons (Fsp3) is 0. The number of hydrogen-bond donors (Lipinski definition) is 2. The molecule has 20 heavy (non-hydrogen) atoms. The lowest BCUT2D eigenvalue weighted by atomic mass is 10.3. The standard InChI is InChI=1S/C12H8BrF2NO3S/c13-7-5-8(14)12(9(15)6-7)16-20(18,19)11-4-2-1-3-10(11)17/h1-6,16-17H. The number of aromatic hydroxyl groups is 1. The highest BCUT2D eigenvalue weighted by Crippen LogP contribution is 2.28. The summed E-state index contributed by atoms with van der Waals surface area (Å²) in [7, 11) is -4.30. The van der Waals surface area contributed by atoms with E-state index in [-0.39, 0.29) is 4.47 Å². The van der Waals surface area contributed by atoms with E-state index >= 15 is 0 Å². The number of hydrogen-bond acceptors (Lipinski definition) is 3. The smallest absolute Gasteiger partial charge is 0.265 e. The Hall–Kier alpha value is -1.67. The van der Waals surface area contributed by atoms with E-state index in [1.807, 2.05) is 0 Å². The van der Waals surface area contributed by atoms with E-state index in [1.54, 1.807) is 4.72 Å². The van der Waals surface area contributed by atoms with Gasteiger partial charge in [0.1, 0.15) is 16.3 Å². The molecule has 2 aromatic rings. The number of para-hydroxylation sites is 1. The molecule has 0 radical (unpaired) electrons. The van der Waals surface area contributed by atoms with Crippen LogP contribution in [-0.4, -0.2) is 13.5 Å². The molecule has 0 aliphatic rings. The maximum Gasteiger partial charge on any atom is 0.265 e. The Labute approximate surface area is 122 Å². The molecule has 0 fully saturated rings. The first-order chi connectivity index (χ1) is 9.31. The van der Waals surface area contributed by atoms with E-state index in [0.717, 1.165) is 24.3 Å². The molecular formula is C12H8BrF2NO3S. The molecule has 0 saturated heterocycles. The molecule has 0 aliphatic heterocycles. The van der Waals surface area contributed by atoms with Crippen molar-refractivity contribution in [2.24, 2.45) is 0 Å². The molecule has 0 aromatic heterocycles. The molecule has 0 spiro atoms. The minimum absolute atomic E-state index is 0.137. The molecule has 0 amide bonds. The molecule has 0 aliphatic carbocycles. The number of halogens is 3. The lowest BCUT2D eigenvalue weighted by Crippen LogP contribution is -2.15. The Morgan fingerprint density at radius 3 is 2.20 bits per heavy atom. The van der Waals surface area contributed by atoms with E-state index in [2.05, 4.69) is 15.9 Å². The zero-order chi connectivity index (χ0) is 14.9. The van der Waals surface area contributed by atoms with Gasteiger partial charge in [0.05, 0.1) is 0 Å². The molecule has 8 heteroatoms. The van der Waals surface area contributed by atoms with Gasteiger partial charge in [0.15, 0.2) is 11.6 Å². The van der Waals surface area contributed by atoms with Gasteiger partial charge >= 0.3 is 0 Å². The van der Waals surface area contributed by atoms with Gasteiger partial charge in [-0.3, -0.25) is 4.72 Å². The quantitative estimate of drug-likeness (QED) is 0.879. The summed E-state index contributed by atoms with van der Waals surface area (Å²) in [5, 5.41) is 9.49. The lowest BCUT2D eigenvalue weighted by Gasteiger charge is -2.11. The van der Waals surface area contributed by atoms with Crippen molar-refractivity contribution in [2.75, 3.05) is 4.72 Å². The van der Waals surface area contributed by atoms with Crippen LogP contribution in [0.4, 0.5) is 14.5 Å². The van der Waals surface area contributed by atoms with Gasteiger partial charge in [-0.25, -0.2) is 17.2 Å². The molecule has 0 bridgehead atoms. The van der Waals surface area contributed by atoms with E-state index < -0.39 is 38.0 Å². The van der Waals surface area contributed by atoms with Crippen molar-refractivity contribution in [3.63, 3.8) is 0 Å². The molecule has 2 N–H and O–H groups in total. The molecule has 0 heterocycles.